The molecule has 1 fully saturated rings. The average molecular weight is 528 g/mol. The van der Waals surface area contributed by atoms with E-state index in [0.717, 1.165) is 5.56 Å². The number of rotatable bonds is 7. The van der Waals surface area contributed by atoms with Crippen molar-refractivity contribution in [2.75, 3.05) is 10.6 Å². The second-order valence-electron chi connectivity index (χ2n) is 8.95. The highest BCUT2D eigenvalue weighted by Gasteiger charge is 2.47. The highest BCUT2D eigenvalue weighted by Crippen LogP contribution is 2.35. The van der Waals surface area contributed by atoms with Crippen LogP contribution in [0.5, 0.6) is 0 Å². The molecule has 0 aromatic heterocycles. The van der Waals surface area contributed by atoms with Gasteiger partial charge in [-0.1, -0.05) is 48.5 Å². The zero-order valence-electron chi connectivity index (χ0n) is 20.5. The van der Waals surface area contributed by atoms with Crippen LogP contribution in [-0.4, -0.2) is 28.8 Å². The maximum atomic E-state index is 13.8. The van der Waals surface area contributed by atoms with E-state index in [1.54, 1.807) is 30.3 Å². The van der Waals surface area contributed by atoms with Gasteiger partial charge in [0.15, 0.2) is 12.1 Å². The SMILES string of the molecule is O=C(Nc1cccc([C@H]2OC(=O)N(Cc3ccccc3)[C@@H]2C(=O)Nc2cccc(F)c2)c1)c1ccc(F)cc1. The standard InChI is InChI=1S/C30H23F2N3O4/c31-22-14-12-20(13-15-22)28(36)33-24-10-4-8-21(16-24)27-26(29(37)34-25-11-5-9-23(32)17-25)35(30(38)39-27)18-19-6-2-1-3-7-19/h1-17,26-27H,18H2,(H,33,36)(H,34,37)/t26-,27+/m0/s1. The van der Waals surface area contributed by atoms with E-state index in [9.17, 15) is 23.2 Å². The van der Waals surface area contributed by atoms with Crippen LogP contribution in [0.1, 0.15) is 27.6 Å². The van der Waals surface area contributed by atoms with Gasteiger partial charge in [-0.2, -0.15) is 0 Å². The summed E-state index contributed by atoms with van der Waals surface area (Å²) < 4.78 is 32.7. The molecule has 0 unspecified atom stereocenters. The number of anilines is 2. The summed E-state index contributed by atoms with van der Waals surface area (Å²) >= 11 is 0. The van der Waals surface area contributed by atoms with Crippen LogP contribution < -0.4 is 10.6 Å². The second-order valence-corrected chi connectivity index (χ2v) is 8.95. The van der Waals surface area contributed by atoms with Crippen LogP contribution >= 0.6 is 0 Å². The molecule has 1 heterocycles. The molecule has 0 radical (unpaired) electrons. The Kier molecular flexibility index (Phi) is 7.31. The molecule has 3 amide bonds. The highest BCUT2D eigenvalue weighted by atomic mass is 19.1. The number of cyclic esters (lactones) is 1. The van der Waals surface area contributed by atoms with Gasteiger partial charge < -0.3 is 15.4 Å². The first-order valence-corrected chi connectivity index (χ1v) is 12.1. The number of carbonyl (C=O) groups is 3. The number of nitrogens with zero attached hydrogens (tertiary/aromatic N) is 1. The minimum atomic E-state index is -1.09. The molecule has 1 saturated heterocycles. The molecular weight excluding hydrogens is 504 g/mol. The molecule has 5 rings (SSSR count). The molecule has 196 valence electrons. The molecular formula is C30H23F2N3O4. The van der Waals surface area contributed by atoms with Gasteiger partial charge in [-0.25, -0.2) is 13.6 Å². The number of halogens is 2. The molecule has 1 aliphatic heterocycles. The van der Waals surface area contributed by atoms with E-state index in [1.807, 2.05) is 30.3 Å². The highest BCUT2D eigenvalue weighted by molar-refractivity contribution is 6.04. The van der Waals surface area contributed by atoms with Crippen LogP contribution in [0.3, 0.4) is 0 Å². The zero-order valence-corrected chi connectivity index (χ0v) is 20.5. The zero-order chi connectivity index (χ0) is 27.4. The predicted molar refractivity (Wildman–Crippen MR) is 141 cm³/mol. The molecule has 39 heavy (non-hydrogen) atoms. The summed E-state index contributed by atoms with van der Waals surface area (Å²) in [5.74, 6) is -2.00. The fraction of sp³-hybridized carbons (Fsp3) is 0.100. The van der Waals surface area contributed by atoms with Crippen molar-refractivity contribution in [3.63, 3.8) is 0 Å². The first-order chi connectivity index (χ1) is 18.9. The Bertz CT molecular complexity index is 1510. The smallest absolute Gasteiger partial charge is 0.411 e. The topological polar surface area (TPSA) is 87.7 Å². The average Bonchev–Trinajstić information content (AvgIpc) is 3.25. The lowest BCUT2D eigenvalue weighted by Gasteiger charge is -2.24. The van der Waals surface area contributed by atoms with Crippen LogP contribution in [-0.2, 0) is 16.1 Å². The maximum Gasteiger partial charge on any atom is 0.411 e. The first kappa shape index (κ1) is 25.6. The Morgan fingerprint density at radius 3 is 2.18 bits per heavy atom. The number of benzene rings is 4. The molecule has 0 saturated carbocycles. The van der Waals surface area contributed by atoms with Crippen LogP contribution in [0.4, 0.5) is 25.0 Å². The Morgan fingerprint density at radius 2 is 1.46 bits per heavy atom. The van der Waals surface area contributed by atoms with Gasteiger partial charge in [0.05, 0.1) is 6.54 Å². The number of carbonyl (C=O) groups excluding carboxylic acids is 3. The predicted octanol–water partition coefficient (Wildman–Crippen LogP) is 5.92. The van der Waals surface area contributed by atoms with E-state index in [4.69, 9.17) is 4.74 Å². The van der Waals surface area contributed by atoms with E-state index in [1.165, 1.54) is 47.4 Å². The number of hydrogen-bond acceptors (Lipinski definition) is 4. The number of ether oxygens (including phenoxy) is 1. The van der Waals surface area contributed by atoms with Crippen molar-refractivity contribution < 1.29 is 27.9 Å². The molecule has 4 aromatic carbocycles. The fourth-order valence-electron chi connectivity index (χ4n) is 4.37. The third kappa shape index (κ3) is 5.93. The Labute approximate surface area is 223 Å². The lowest BCUT2D eigenvalue weighted by molar-refractivity contribution is -0.121. The minimum absolute atomic E-state index is 0.110. The lowest BCUT2D eigenvalue weighted by Crippen LogP contribution is -2.43. The molecule has 9 heteroatoms. The van der Waals surface area contributed by atoms with Crippen molar-refractivity contribution >= 4 is 29.3 Å². The number of nitrogens with one attached hydrogen (secondary N) is 2. The summed E-state index contributed by atoms with van der Waals surface area (Å²) in [6, 6.07) is 25.2. The van der Waals surface area contributed by atoms with Crippen LogP contribution in [0, 0.1) is 11.6 Å². The van der Waals surface area contributed by atoms with Gasteiger partial charge in [-0.15, -0.1) is 0 Å². The molecule has 0 aliphatic carbocycles. The van der Waals surface area contributed by atoms with Crippen molar-refractivity contribution in [3.8, 4) is 0 Å². The van der Waals surface area contributed by atoms with Crippen molar-refractivity contribution in [1.82, 2.24) is 4.90 Å². The first-order valence-electron chi connectivity index (χ1n) is 12.1. The monoisotopic (exact) mass is 527 g/mol. The molecule has 0 spiro atoms. The van der Waals surface area contributed by atoms with E-state index in [0.29, 0.717) is 11.3 Å². The van der Waals surface area contributed by atoms with Crippen molar-refractivity contribution in [2.45, 2.75) is 18.7 Å². The largest absolute Gasteiger partial charge is 0.438 e. The quantitative estimate of drug-likeness (QED) is 0.313. The molecule has 4 aromatic rings. The van der Waals surface area contributed by atoms with Gasteiger partial charge in [0.25, 0.3) is 11.8 Å². The van der Waals surface area contributed by atoms with Gasteiger partial charge in [-0.05, 0) is 65.7 Å². The van der Waals surface area contributed by atoms with E-state index in [2.05, 4.69) is 10.6 Å². The van der Waals surface area contributed by atoms with Crippen molar-refractivity contribution in [2.24, 2.45) is 0 Å². The summed E-state index contributed by atoms with van der Waals surface area (Å²) in [5.41, 5.74) is 2.14. The molecule has 0 bridgehead atoms. The van der Waals surface area contributed by atoms with E-state index >= 15 is 0 Å². The van der Waals surface area contributed by atoms with E-state index < -0.39 is 41.7 Å². The van der Waals surface area contributed by atoms with E-state index in [-0.39, 0.29) is 17.8 Å². The Morgan fingerprint density at radius 1 is 0.769 bits per heavy atom. The fourth-order valence-corrected chi connectivity index (χ4v) is 4.37. The van der Waals surface area contributed by atoms with Gasteiger partial charge in [0.1, 0.15) is 11.6 Å². The summed E-state index contributed by atoms with van der Waals surface area (Å²) in [5, 5.41) is 5.42. The molecule has 7 nitrogen and oxygen atoms in total. The third-order valence-electron chi connectivity index (χ3n) is 6.22. The number of hydrogen-bond donors (Lipinski definition) is 2. The van der Waals surface area contributed by atoms with Crippen molar-refractivity contribution in [1.29, 1.82) is 0 Å². The lowest BCUT2D eigenvalue weighted by atomic mass is 10.00. The van der Waals surface area contributed by atoms with Crippen molar-refractivity contribution in [3.05, 3.63) is 131 Å². The summed E-state index contributed by atoms with van der Waals surface area (Å²) in [6.45, 7) is 0.110. The van der Waals surface area contributed by atoms with Gasteiger partial charge in [-0.3, -0.25) is 14.5 Å². The minimum Gasteiger partial charge on any atom is -0.438 e. The molecule has 2 atom stereocenters. The number of amides is 3. The maximum absolute atomic E-state index is 13.8. The van der Waals surface area contributed by atoms with Crippen LogP contribution in [0.2, 0.25) is 0 Å². The molecule has 1 aliphatic rings. The van der Waals surface area contributed by atoms with Crippen LogP contribution in [0.15, 0.2) is 103 Å². The Hall–Kier alpha value is -5.05. The third-order valence-corrected chi connectivity index (χ3v) is 6.22. The summed E-state index contributed by atoms with van der Waals surface area (Å²) in [7, 11) is 0. The summed E-state index contributed by atoms with van der Waals surface area (Å²) in [4.78, 5) is 40.5. The van der Waals surface area contributed by atoms with Gasteiger partial charge >= 0.3 is 6.09 Å². The van der Waals surface area contributed by atoms with Gasteiger partial charge in [0.2, 0.25) is 0 Å². The van der Waals surface area contributed by atoms with Gasteiger partial charge in [0, 0.05) is 16.9 Å². The normalized spacial score (nSPS) is 16.5. The Balaban J connectivity index is 1.43. The second kappa shape index (κ2) is 11.1. The summed E-state index contributed by atoms with van der Waals surface area (Å²) in [6.07, 6.45) is -1.71. The molecule has 2 N–H and O–H groups in total. The van der Waals surface area contributed by atoms with Crippen LogP contribution in [0.25, 0.3) is 0 Å².